The Labute approximate surface area is 145 Å². The molecule has 1 N–H and O–H groups in total. The molecule has 0 spiro atoms. The van der Waals surface area contributed by atoms with Crippen molar-refractivity contribution in [3.05, 3.63) is 56.6 Å². The number of unbranched alkanes of at least 4 members (excludes halogenated alkanes) is 3. The fourth-order valence-corrected chi connectivity index (χ4v) is 3.44. The minimum absolute atomic E-state index is 0.315. The van der Waals surface area contributed by atoms with E-state index in [0.717, 1.165) is 24.9 Å². The fourth-order valence-electron chi connectivity index (χ4n) is 2.69. The van der Waals surface area contributed by atoms with Crippen molar-refractivity contribution in [2.45, 2.75) is 39.0 Å². The van der Waals surface area contributed by atoms with E-state index in [0.29, 0.717) is 16.9 Å². The Bertz CT molecular complexity index is 840. The zero-order valence-corrected chi connectivity index (χ0v) is 14.7. The molecule has 0 saturated carbocycles. The number of nitrogens with zero attached hydrogens (tertiary/aromatic N) is 1. The molecule has 2 heterocycles. The summed E-state index contributed by atoms with van der Waals surface area (Å²) in [4.78, 5) is 17.8. The molecule has 0 aliphatic heterocycles. The third kappa shape index (κ3) is 4.45. The predicted octanol–water partition coefficient (Wildman–Crippen LogP) is 4.77. The average molecular weight is 342 g/mol. The average Bonchev–Trinajstić information content (AvgIpc) is 3.08. The van der Waals surface area contributed by atoms with Crippen molar-refractivity contribution in [3.8, 4) is 0 Å². The summed E-state index contributed by atoms with van der Waals surface area (Å²) in [7, 11) is 0. The summed E-state index contributed by atoms with van der Waals surface area (Å²) in [5.74, 6) is 0. The Hall–Kier alpha value is -2.14. The van der Waals surface area contributed by atoms with Gasteiger partial charge in [0.15, 0.2) is 0 Å². The van der Waals surface area contributed by atoms with E-state index >= 15 is 0 Å². The van der Waals surface area contributed by atoms with Crippen molar-refractivity contribution in [3.63, 3.8) is 0 Å². The highest BCUT2D eigenvalue weighted by atomic mass is 32.1. The maximum Gasteiger partial charge on any atom is 0.348 e. The number of hydrogen-bond donors (Lipinski definition) is 1. The molecule has 24 heavy (non-hydrogen) atoms. The monoisotopic (exact) mass is 342 g/mol. The van der Waals surface area contributed by atoms with E-state index in [1.54, 1.807) is 0 Å². The molecule has 2 aromatic heterocycles. The molecule has 4 nitrogen and oxygen atoms in total. The van der Waals surface area contributed by atoms with Crippen LogP contribution in [0.25, 0.3) is 10.9 Å². The highest BCUT2D eigenvalue weighted by Crippen LogP contribution is 2.14. The van der Waals surface area contributed by atoms with Crippen molar-refractivity contribution < 1.29 is 4.42 Å². The molecule has 0 radical (unpaired) electrons. The van der Waals surface area contributed by atoms with Crippen LogP contribution in [0.2, 0.25) is 0 Å². The van der Waals surface area contributed by atoms with E-state index in [-0.39, 0.29) is 5.63 Å². The van der Waals surface area contributed by atoms with Gasteiger partial charge in [0.2, 0.25) is 0 Å². The van der Waals surface area contributed by atoms with Gasteiger partial charge in [-0.25, -0.2) is 4.79 Å². The Balaban J connectivity index is 1.42. The molecular weight excluding hydrogens is 320 g/mol. The summed E-state index contributed by atoms with van der Waals surface area (Å²) in [6.45, 7) is 2.72. The zero-order valence-electron chi connectivity index (χ0n) is 13.9. The lowest BCUT2D eigenvalue weighted by atomic mass is 10.1. The van der Waals surface area contributed by atoms with E-state index in [1.807, 2.05) is 36.5 Å². The SMILES string of the molecule is Cc1ccc2nc(NCCCCCCc3cccs3)oc(=O)c2c1. The first kappa shape index (κ1) is 16.7. The molecule has 0 bridgehead atoms. The Morgan fingerprint density at radius 3 is 2.88 bits per heavy atom. The summed E-state index contributed by atoms with van der Waals surface area (Å²) in [6.07, 6.45) is 5.82. The normalized spacial score (nSPS) is 11.0. The number of aryl methyl sites for hydroxylation is 2. The van der Waals surface area contributed by atoms with E-state index in [2.05, 4.69) is 27.8 Å². The van der Waals surface area contributed by atoms with Crippen LogP contribution in [0.1, 0.15) is 36.1 Å². The van der Waals surface area contributed by atoms with E-state index < -0.39 is 0 Å². The van der Waals surface area contributed by atoms with Crippen LogP contribution in [0.15, 0.2) is 44.9 Å². The molecule has 0 saturated heterocycles. The lowest BCUT2D eigenvalue weighted by Crippen LogP contribution is -2.09. The number of benzene rings is 1. The Morgan fingerprint density at radius 2 is 2.04 bits per heavy atom. The zero-order chi connectivity index (χ0) is 16.8. The highest BCUT2D eigenvalue weighted by molar-refractivity contribution is 7.09. The molecule has 0 aliphatic carbocycles. The van der Waals surface area contributed by atoms with E-state index in [1.165, 1.54) is 24.1 Å². The van der Waals surface area contributed by atoms with Gasteiger partial charge < -0.3 is 9.73 Å². The largest absolute Gasteiger partial charge is 0.389 e. The number of anilines is 1. The van der Waals surface area contributed by atoms with Crippen molar-refractivity contribution in [1.82, 2.24) is 4.98 Å². The van der Waals surface area contributed by atoms with Gasteiger partial charge in [0, 0.05) is 11.4 Å². The van der Waals surface area contributed by atoms with Crippen LogP contribution in [0.4, 0.5) is 6.01 Å². The van der Waals surface area contributed by atoms with Gasteiger partial charge in [0.25, 0.3) is 6.01 Å². The lowest BCUT2D eigenvalue weighted by molar-refractivity contribution is 0.514. The van der Waals surface area contributed by atoms with Crippen LogP contribution < -0.4 is 10.9 Å². The van der Waals surface area contributed by atoms with Gasteiger partial charge in [-0.15, -0.1) is 11.3 Å². The van der Waals surface area contributed by atoms with Gasteiger partial charge in [-0.2, -0.15) is 4.98 Å². The first-order valence-corrected chi connectivity index (χ1v) is 9.28. The summed E-state index contributed by atoms with van der Waals surface area (Å²) in [5, 5.41) is 5.79. The van der Waals surface area contributed by atoms with Crippen LogP contribution >= 0.6 is 11.3 Å². The van der Waals surface area contributed by atoms with Crippen molar-refractivity contribution in [2.24, 2.45) is 0 Å². The van der Waals surface area contributed by atoms with Gasteiger partial charge >= 0.3 is 5.63 Å². The van der Waals surface area contributed by atoms with Crippen molar-refractivity contribution in [2.75, 3.05) is 11.9 Å². The molecule has 0 aliphatic rings. The molecule has 0 amide bonds. The molecule has 5 heteroatoms. The van der Waals surface area contributed by atoms with E-state index in [4.69, 9.17) is 4.42 Å². The van der Waals surface area contributed by atoms with Crippen LogP contribution in [-0.2, 0) is 6.42 Å². The summed E-state index contributed by atoms with van der Waals surface area (Å²) in [6, 6.07) is 10.2. The molecule has 3 rings (SSSR count). The molecule has 0 atom stereocenters. The molecule has 126 valence electrons. The fraction of sp³-hybridized carbons (Fsp3) is 0.368. The Kier molecular flexibility index (Phi) is 5.64. The maximum absolute atomic E-state index is 12.0. The van der Waals surface area contributed by atoms with E-state index in [9.17, 15) is 4.79 Å². The molecule has 0 fully saturated rings. The minimum Gasteiger partial charge on any atom is -0.389 e. The molecular formula is C19H22N2O2S. The van der Waals surface area contributed by atoms with Crippen LogP contribution in [0.5, 0.6) is 0 Å². The number of nitrogens with one attached hydrogen (secondary N) is 1. The first-order chi connectivity index (χ1) is 11.7. The number of aromatic nitrogens is 1. The third-order valence-electron chi connectivity index (χ3n) is 3.99. The smallest absolute Gasteiger partial charge is 0.348 e. The predicted molar refractivity (Wildman–Crippen MR) is 100.0 cm³/mol. The lowest BCUT2D eigenvalue weighted by Gasteiger charge is -2.05. The van der Waals surface area contributed by atoms with Crippen LogP contribution in [0.3, 0.4) is 0 Å². The number of thiophene rings is 1. The molecule has 1 aromatic carbocycles. The maximum atomic E-state index is 12.0. The standard InChI is InChI=1S/C19H22N2O2S/c1-14-9-10-17-16(13-14)18(22)23-19(21-17)20-11-5-3-2-4-7-15-8-6-12-24-15/h6,8-10,12-13H,2-5,7,11H2,1H3,(H,20,21). The van der Waals surface area contributed by atoms with Crippen LogP contribution in [0, 0.1) is 6.92 Å². The number of rotatable bonds is 8. The van der Waals surface area contributed by atoms with Crippen molar-refractivity contribution >= 4 is 28.3 Å². The minimum atomic E-state index is -0.331. The van der Waals surface area contributed by atoms with Gasteiger partial charge in [0.05, 0.1) is 10.9 Å². The van der Waals surface area contributed by atoms with Crippen molar-refractivity contribution in [1.29, 1.82) is 0 Å². The van der Waals surface area contributed by atoms with Gasteiger partial charge in [-0.3, -0.25) is 0 Å². The summed E-state index contributed by atoms with van der Waals surface area (Å²) >= 11 is 1.83. The van der Waals surface area contributed by atoms with Gasteiger partial charge in [-0.1, -0.05) is 30.5 Å². The third-order valence-corrected chi connectivity index (χ3v) is 4.93. The second-order valence-electron chi connectivity index (χ2n) is 6.00. The second-order valence-corrected chi connectivity index (χ2v) is 7.03. The first-order valence-electron chi connectivity index (χ1n) is 8.40. The van der Waals surface area contributed by atoms with Gasteiger partial charge in [-0.05, 0) is 49.8 Å². The van der Waals surface area contributed by atoms with Gasteiger partial charge in [0.1, 0.15) is 0 Å². The Morgan fingerprint density at radius 1 is 1.17 bits per heavy atom. The quantitative estimate of drug-likeness (QED) is 0.599. The molecule has 3 aromatic rings. The second kappa shape index (κ2) is 8.11. The summed E-state index contributed by atoms with van der Waals surface area (Å²) in [5.41, 5.74) is 1.37. The topological polar surface area (TPSA) is 55.1 Å². The number of fused-ring (bicyclic) bond motifs is 1. The highest BCUT2D eigenvalue weighted by Gasteiger charge is 2.06. The summed E-state index contributed by atoms with van der Waals surface area (Å²) < 4.78 is 5.25. The molecule has 0 unspecified atom stereocenters. The van der Waals surface area contributed by atoms with Crippen LogP contribution in [-0.4, -0.2) is 11.5 Å². The number of hydrogen-bond acceptors (Lipinski definition) is 5.